The van der Waals surface area contributed by atoms with Crippen molar-refractivity contribution in [2.45, 2.75) is 31.6 Å². The Morgan fingerprint density at radius 1 is 1.35 bits per heavy atom. The number of hydrogen-bond acceptors (Lipinski definition) is 5. The van der Waals surface area contributed by atoms with Crippen LogP contribution in [0.1, 0.15) is 42.5 Å². The van der Waals surface area contributed by atoms with Crippen LogP contribution in [0.3, 0.4) is 0 Å². The zero-order chi connectivity index (χ0) is 13.9. The molecule has 3 rings (SSSR count). The quantitative estimate of drug-likeness (QED) is 0.866. The van der Waals surface area contributed by atoms with Crippen molar-refractivity contribution in [2.24, 2.45) is 0 Å². The van der Waals surface area contributed by atoms with E-state index in [0.717, 1.165) is 31.0 Å². The molecule has 106 valence electrons. The summed E-state index contributed by atoms with van der Waals surface area (Å²) < 4.78 is 10.7. The summed E-state index contributed by atoms with van der Waals surface area (Å²) in [4.78, 5) is 4.49. The number of rotatable bonds is 4. The molecule has 0 radical (unpaired) electrons. The van der Waals surface area contributed by atoms with Gasteiger partial charge in [0.1, 0.15) is 0 Å². The SMILES string of the molecule is CC(Cc1nc(C2CCOC2)no1)c1ccc(N)cc1. The predicted octanol–water partition coefficient (Wildman–Crippen LogP) is 2.50. The molecular weight excluding hydrogens is 254 g/mol. The van der Waals surface area contributed by atoms with Crippen LogP contribution in [0.15, 0.2) is 28.8 Å². The van der Waals surface area contributed by atoms with Gasteiger partial charge in [0.2, 0.25) is 5.89 Å². The number of nitrogen functional groups attached to an aromatic ring is 1. The van der Waals surface area contributed by atoms with Crippen LogP contribution < -0.4 is 5.73 Å². The van der Waals surface area contributed by atoms with E-state index in [1.165, 1.54) is 5.56 Å². The van der Waals surface area contributed by atoms with E-state index < -0.39 is 0 Å². The zero-order valence-corrected chi connectivity index (χ0v) is 11.6. The van der Waals surface area contributed by atoms with E-state index in [2.05, 4.69) is 17.1 Å². The molecule has 1 aromatic carbocycles. The highest BCUT2D eigenvalue weighted by Crippen LogP contribution is 2.25. The van der Waals surface area contributed by atoms with Crippen LogP contribution in [0.2, 0.25) is 0 Å². The van der Waals surface area contributed by atoms with Crippen molar-refractivity contribution in [1.82, 2.24) is 10.1 Å². The Labute approximate surface area is 118 Å². The van der Waals surface area contributed by atoms with Crippen molar-refractivity contribution < 1.29 is 9.26 Å². The van der Waals surface area contributed by atoms with Crippen LogP contribution in [0.5, 0.6) is 0 Å². The molecule has 2 aromatic rings. The van der Waals surface area contributed by atoms with E-state index in [9.17, 15) is 0 Å². The molecule has 1 saturated heterocycles. The third kappa shape index (κ3) is 2.82. The summed E-state index contributed by atoms with van der Waals surface area (Å²) in [5.74, 6) is 2.08. The van der Waals surface area contributed by atoms with Gasteiger partial charge in [0.05, 0.1) is 6.61 Å². The van der Waals surface area contributed by atoms with Gasteiger partial charge in [-0.15, -0.1) is 0 Å². The molecule has 2 heterocycles. The standard InChI is InChI=1S/C15H19N3O2/c1-10(11-2-4-13(16)5-3-11)8-14-17-15(18-20-14)12-6-7-19-9-12/h2-5,10,12H,6-9,16H2,1H3. The molecular formula is C15H19N3O2. The maximum atomic E-state index is 5.70. The van der Waals surface area contributed by atoms with E-state index >= 15 is 0 Å². The monoisotopic (exact) mass is 273 g/mol. The van der Waals surface area contributed by atoms with Gasteiger partial charge in [0, 0.05) is 24.6 Å². The van der Waals surface area contributed by atoms with Gasteiger partial charge in [-0.05, 0) is 30.0 Å². The fourth-order valence-corrected chi connectivity index (χ4v) is 2.46. The van der Waals surface area contributed by atoms with Crippen LogP contribution in [-0.4, -0.2) is 23.4 Å². The smallest absolute Gasteiger partial charge is 0.227 e. The molecule has 2 unspecified atom stereocenters. The fourth-order valence-electron chi connectivity index (χ4n) is 2.46. The zero-order valence-electron chi connectivity index (χ0n) is 11.6. The van der Waals surface area contributed by atoms with Gasteiger partial charge in [0.25, 0.3) is 0 Å². The van der Waals surface area contributed by atoms with E-state index in [4.69, 9.17) is 15.0 Å². The minimum absolute atomic E-state index is 0.291. The van der Waals surface area contributed by atoms with Crippen molar-refractivity contribution in [2.75, 3.05) is 18.9 Å². The van der Waals surface area contributed by atoms with Gasteiger partial charge < -0.3 is 15.0 Å². The molecule has 20 heavy (non-hydrogen) atoms. The van der Waals surface area contributed by atoms with E-state index in [1.54, 1.807) is 0 Å². The number of anilines is 1. The maximum Gasteiger partial charge on any atom is 0.227 e. The number of nitrogens with zero attached hydrogens (tertiary/aromatic N) is 2. The van der Waals surface area contributed by atoms with Gasteiger partial charge in [-0.1, -0.05) is 24.2 Å². The minimum Gasteiger partial charge on any atom is -0.399 e. The lowest BCUT2D eigenvalue weighted by Gasteiger charge is -2.09. The summed E-state index contributed by atoms with van der Waals surface area (Å²) in [7, 11) is 0. The van der Waals surface area contributed by atoms with Crippen molar-refractivity contribution in [3.05, 3.63) is 41.5 Å². The second-order valence-electron chi connectivity index (χ2n) is 5.38. The molecule has 1 aliphatic rings. The number of ether oxygens (including phenoxy) is 1. The Bertz CT molecular complexity index is 559. The van der Waals surface area contributed by atoms with Gasteiger partial charge in [-0.3, -0.25) is 0 Å². The molecule has 2 atom stereocenters. The molecule has 5 nitrogen and oxygen atoms in total. The summed E-state index contributed by atoms with van der Waals surface area (Å²) >= 11 is 0. The van der Waals surface area contributed by atoms with Crippen LogP contribution in [-0.2, 0) is 11.2 Å². The minimum atomic E-state index is 0.291. The third-order valence-electron chi connectivity index (χ3n) is 3.76. The van der Waals surface area contributed by atoms with E-state index in [0.29, 0.717) is 24.3 Å². The Balaban J connectivity index is 1.66. The average Bonchev–Trinajstić information content (AvgIpc) is 3.09. The lowest BCUT2D eigenvalue weighted by atomic mass is 9.97. The summed E-state index contributed by atoms with van der Waals surface area (Å²) in [6, 6.07) is 7.92. The number of benzene rings is 1. The molecule has 0 saturated carbocycles. The predicted molar refractivity (Wildman–Crippen MR) is 75.4 cm³/mol. The Morgan fingerprint density at radius 2 is 2.15 bits per heavy atom. The molecule has 1 aliphatic heterocycles. The summed E-state index contributed by atoms with van der Waals surface area (Å²) in [5, 5.41) is 4.07. The second kappa shape index (κ2) is 5.63. The second-order valence-corrected chi connectivity index (χ2v) is 5.38. The van der Waals surface area contributed by atoms with Crippen molar-refractivity contribution in [1.29, 1.82) is 0 Å². The highest BCUT2D eigenvalue weighted by molar-refractivity contribution is 5.40. The van der Waals surface area contributed by atoms with Crippen molar-refractivity contribution in [3.8, 4) is 0 Å². The lowest BCUT2D eigenvalue weighted by molar-refractivity contribution is 0.192. The first-order valence-electron chi connectivity index (χ1n) is 6.98. The molecule has 0 aliphatic carbocycles. The van der Waals surface area contributed by atoms with Gasteiger partial charge in [-0.25, -0.2) is 0 Å². The normalized spacial score (nSPS) is 20.1. The molecule has 0 spiro atoms. The first kappa shape index (κ1) is 13.1. The summed E-state index contributed by atoms with van der Waals surface area (Å²) in [5.41, 5.74) is 7.70. The largest absolute Gasteiger partial charge is 0.399 e. The van der Waals surface area contributed by atoms with Crippen LogP contribution in [0, 0.1) is 0 Å². The maximum absolute atomic E-state index is 5.70. The first-order valence-corrected chi connectivity index (χ1v) is 6.98. The van der Waals surface area contributed by atoms with Crippen LogP contribution >= 0.6 is 0 Å². The van der Waals surface area contributed by atoms with Gasteiger partial charge in [-0.2, -0.15) is 4.98 Å². The van der Waals surface area contributed by atoms with Gasteiger partial charge >= 0.3 is 0 Å². The molecule has 0 amide bonds. The van der Waals surface area contributed by atoms with Gasteiger partial charge in [0.15, 0.2) is 5.82 Å². The average molecular weight is 273 g/mol. The van der Waals surface area contributed by atoms with Crippen LogP contribution in [0.4, 0.5) is 5.69 Å². The molecule has 5 heteroatoms. The Morgan fingerprint density at radius 3 is 2.85 bits per heavy atom. The van der Waals surface area contributed by atoms with Crippen molar-refractivity contribution in [3.63, 3.8) is 0 Å². The van der Waals surface area contributed by atoms with Crippen LogP contribution in [0.25, 0.3) is 0 Å². The summed E-state index contributed by atoms with van der Waals surface area (Å²) in [6.45, 7) is 3.64. The number of hydrogen-bond donors (Lipinski definition) is 1. The number of nitrogens with two attached hydrogens (primary N) is 1. The molecule has 0 bridgehead atoms. The molecule has 2 N–H and O–H groups in total. The van der Waals surface area contributed by atoms with Crippen molar-refractivity contribution >= 4 is 5.69 Å². The fraction of sp³-hybridized carbons (Fsp3) is 0.467. The lowest BCUT2D eigenvalue weighted by Crippen LogP contribution is -2.02. The highest BCUT2D eigenvalue weighted by Gasteiger charge is 2.23. The number of aromatic nitrogens is 2. The topological polar surface area (TPSA) is 74.2 Å². The molecule has 1 aromatic heterocycles. The molecule has 1 fully saturated rings. The van der Waals surface area contributed by atoms with E-state index in [-0.39, 0.29) is 0 Å². The first-order chi connectivity index (χ1) is 9.72. The summed E-state index contributed by atoms with van der Waals surface area (Å²) in [6.07, 6.45) is 1.72. The Kier molecular flexibility index (Phi) is 3.69. The highest BCUT2D eigenvalue weighted by atomic mass is 16.5. The van der Waals surface area contributed by atoms with E-state index in [1.807, 2.05) is 24.3 Å². The third-order valence-corrected chi connectivity index (χ3v) is 3.76. The Hall–Kier alpha value is -1.88.